The number of aryl methyl sites for hydroxylation is 1. The van der Waals surface area contributed by atoms with E-state index in [9.17, 15) is 14.7 Å². The summed E-state index contributed by atoms with van der Waals surface area (Å²) in [6.45, 7) is 4.40. The van der Waals surface area contributed by atoms with E-state index in [1.165, 1.54) is 26.2 Å². The zero-order valence-corrected chi connectivity index (χ0v) is 22.1. The van der Waals surface area contributed by atoms with Gasteiger partial charge in [-0.2, -0.15) is 0 Å². The zero-order valence-electron chi connectivity index (χ0n) is 22.1. The molecule has 1 heterocycles. The Morgan fingerprint density at radius 3 is 2.21 bits per heavy atom. The molecule has 0 radical (unpaired) electrons. The predicted molar refractivity (Wildman–Crippen MR) is 144 cm³/mol. The summed E-state index contributed by atoms with van der Waals surface area (Å²) in [5.74, 6) is -0.241. The number of hydrogen-bond acceptors (Lipinski definition) is 7. The number of aliphatic hydroxyl groups is 1. The molecule has 0 spiro atoms. The maximum atomic E-state index is 13.5. The van der Waals surface area contributed by atoms with Crippen molar-refractivity contribution in [3.63, 3.8) is 0 Å². The minimum atomic E-state index is -0.967. The Bertz CT molecular complexity index is 1370. The van der Waals surface area contributed by atoms with E-state index in [0.717, 1.165) is 12.0 Å². The summed E-state index contributed by atoms with van der Waals surface area (Å²) < 4.78 is 22.3. The lowest BCUT2D eigenvalue weighted by Gasteiger charge is -2.27. The topological polar surface area (TPSA) is 94.5 Å². The van der Waals surface area contributed by atoms with E-state index in [4.69, 9.17) is 18.9 Å². The first-order valence-electron chi connectivity index (χ1n) is 12.2. The van der Waals surface area contributed by atoms with Gasteiger partial charge in [-0.05, 0) is 60.9 Å². The van der Waals surface area contributed by atoms with Gasteiger partial charge in [0.05, 0.1) is 39.6 Å². The first kappa shape index (κ1) is 26.6. The van der Waals surface area contributed by atoms with Crippen molar-refractivity contribution in [1.29, 1.82) is 0 Å². The normalized spacial score (nSPS) is 16.4. The van der Waals surface area contributed by atoms with E-state index in [2.05, 4.69) is 0 Å². The molecule has 3 aromatic rings. The Hall–Kier alpha value is -4.46. The lowest BCUT2D eigenvalue weighted by molar-refractivity contribution is -0.132. The molecule has 0 saturated carbocycles. The average molecular weight is 518 g/mol. The molecule has 38 heavy (non-hydrogen) atoms. The molecule has 198 valence electrons. The lowest BCUT2D eigenvalue weighted by atomic mass is 9.94. The summed E-state index contributed by atoms with van der Waals surface area (Å²) in [6.07, 6.45) is 0.818. The van der Waals surface area contributed by atoms with Gasteiger partial charge < -0.3 is 24.1 Å². The molecule has 1 fully saturated rings. The molecule has 8 heteroatoms. The van der Waals surface area contributed by atoms with Crippen molar-refractivity contribution in [2.45, 2.75) is 26.3 Å². The van der Waals surface area contributed by atoms with Crippen LogP contribution in [0.25, 0.3) is 5.76 Å². The van der Waals surface area contributed by atoms with Gasteiger partial charge in [-0.1, -0.05) is 31.2 Å². The summed E-state index contributed by atoms with van der Waals surface area (Å²) in [6, 6.07) is 16.5. The molecule has 1 unspecified atom stereocenters. The highest BCUT2D eigenvalue weighted by molar-refractivity contribution is 6.51. The Morgan fingerprint density at radius 1 is 0.921 bits per heavy atom. The van der Waals surface area contributed by atoms with Gasteiger partial charge in [0.15, 0.2) is 11.5 Å². The van der Waals surface area contributed by atoms with Crippen LogP contribution in [-0.2, 0) is 9.59 Å². The minimum absolute atomic E-state index is 0.0570. The number of anilines is 1. The summed E-state index contributed by atoms with van der Waals surface area (Å²) in [5.41, 5.74) is 2.23. The third kappa shape index (κ3) is 4.89. The van der Waals surface area contributed by atoms with Crippen LogP contribution in [0.4, 0.5) is 5.69 Å². The molecular formula is C30H31NO7. The minimum Gasteiger partial charge on any atom is -0.507 e. The molecule has 0 aromatic heterocycles. The zero-order chi connectivity index (χ0) is 27.4. The Kier molecular flexibility index (Phi) is 7.90. The molecule has 1 aliphatic heterocycles. The third-order valence-electron chi connectivity index (χ3n) is 6.31. The Balaban J connectivity index is 1.98. The number of carbonyl (C=O) groups is 2. The quantitative estimate of drug-likeness (QED) is 0.230. The number of nitrogens with zero attached hydrogens (tertiary/aromatic N) is 1. The monoisotopic (exact) mass is 517 g/mol. The second-order valence-corrected chi connectivity index (χ2v) is 8.84. The molecule has 1 saturated heterocycles. The van der Waals surface area contributed by atoms with Crippen molar-refractivity contribution in [1.82, 2.24) is 0 Å². The van der Waals surface area contributed by atoms with Crippen LogP contribution in [0, 0.1) is 6.92 Å². The number of amides is 1. The number of ether oxygens (including phenoxy) is 4. The van der Waals surface area contributed by atoms with E-state index in [0.29, 0.717) is 46.4 Å². The first-order chi connectivity index (χ1) is 18.3. The van der Waals surface area contributed by atoms with Crippen LogP contribution < -0.4 is 23.8 Å². The summed E-state index contributed by atoms with van der Waals surface area (Å²) in [7, 11) is 4.47. The van der Waals surface area contributed by atoms with E-state index in [1.807, 2.05) is 32.0 Å². The molecule has 1 atom stereocenters. The number of aliphatic hydroxyl groups excluding tert-OH is 1. The average Bonchev–Trinajstić information content (AvgIpc) is 3.20. The highest BCUT2D eigenvalue weighted by Gasteiger charge is 2.47. The van der Waals surface area contributed by atoms with Crippen molar-refractivity contribution >= 4 is 23.1 Å². The maximum Gasteiger partial charge on any atom is 0.300 e. The molecule has 8 nitrogen and oxygen atoms in total. The largest absolute Gasteiger partial charge is 0.507 e. The van der Waals surface area contributed by atoms with Crippen LogP contribution in [0.2, 0.25) is 0 Å². The van der Waals surface area contributed by atoms with Gasteiger partial charge in [0.25, 0.3) is 11.7 Å². The highest BCUT2D eigenvalue weighted by atomic mass is 16.5. The fraction of sp³-hybridized carbons (Fsp3) is 0.267. The number of ketones is 1. The third-order valence-corrected chi connectivity index (χ3v) is 6.31. The lowest BCUT2D eigenvalue weighted by Crippen LogP contribution is -2.29. The van der Waals surface area contributed by atoms with E-state index < -0.39 is 17.7 Å². The molecule has 3 aromatic carbocycles. The number of methoxy groups -OCH3 is 3. The van der Waals surface area contributed by atoms with E-state index in [1.54, 1.807) is 42.5 Å². The van der Waals surface area contributed by atoms with Crippen LogP contribution in [0.5, 0.6) is 23.0 Å². The maximum absolute atomic E-state index is 13.5. The van der Waals surface area contributed by atoms with Crippen LogP contribution in [0.3, 0.4) is 0 Å². The van der Waals surface area contributed by atoms with Crippen LogP contribution in [0.15, 0.2) is 66.2 Å². The first-order valence-corrected chi connectivity index (χ1v) is 12.2. The second kappa shape index (κ2) is 11.3. The molecule has 4 rings (SSSR count). The van der Waals surface area contributed by atoms with Crippen LogP contribution in [0.1, 0.15) is 36.1 Å². The second-order valence-electron chi connectivity index (χ2n) is 8.84. The number of carbonyl (C=O) groups excluding carboxylic acids is 2. The van der Waals surface area contributed by atoms with E-state index >= 15 is 0 Å². The smallest absolute Gasteiger partial charge is 0.300 e. The van der Waals surface area contributed by atoms with Gasteiger partial charge in [-0.3, -0.25) is 14.5 Å². The van der Waals surface area contributed by atoms with E-state index in [-0.39, 0.29) is 11.3 Å². The summed E-state index contributed by atoms with van der Waals surface area (Å²) in [5, 5.41) is 11.5. The van der Waals surface area contributed by atoms with Gasteiger partial charge in [0.2, 0.25) is 5.75 Å². The standard InChI is InChI=1S/C30H31NO7/c1-6-13-38-22-12-8-10-19(15-22)27(32)25-26(20-16-23(35-3)29(37-5)24(17-20)36-4)31(30(34)28(25)33)21-11-7-9-18(2)14-21/h7-12,14-17,26,32H,6,13H2,1-5H3/b27-25+. The highest BCUT2D eigenvalue weighted by Crippen LogP contribution is 2.47. The van der Waals surface area contributed by atoms with Gasteiger partial charge in [0, 0.05) is 11.3 Å². The fourth-order valence-corrected chi connectivity index (χ4v) is 4.56. The van der Waals surface area contributed by atoms with Gasteiger partial charge in [0.1, 0.15) is 11.5 Å². The van der Waals surface area contributed by atoms with Crippen LogP contribution in [-0.4, -0.2) is 44.7 Å². The Labute approximate surface area is 222 Å². The number of rotatable bonds is 9. The fourth-order valence-electron chi connectivity index (χ4n) is 4.56. The van der Waals surface area contributed by atoms with Crippen molar-refractivity contribution in [3.05, 3.63) is 82.9 Å². The summed E-state index contributed by atoms with van der Waals surface area (Å²) >= 11 is 0. The number of Topliss-reactive ketones (excluding diaryl/α,β-unsaturated/α-hetero) is 1. The predicted octanol–water partition coefficient (Wildman–Crippen LogP) is 5.44. The van der Waals surface area contributed by atoms with Crippen molar-refractivity contribution in [2.75, 3.05) is 32.8 Å². The van der Waals surface area contributed by atoms with Crippen molar-refractivity contribution in [2.24, 2.45) is 0 Å². The molecule has 1 amide bonds. The summed E-state index contributed by atoms with van der Waals surface area (Å²) in [4.78, 5) is 28.4. The SMILES string of the molecule is CCCOc1cccc(/C(O)=C2\C(=O)C(=O)N(c3cccc(C)c3)C2c2cc(OC)c(OC)c(OC)c2)c1. The number of hydrogen-bond donors (Lipinski definition) is 1. The molecule has 1 aliphatic rings. The number of benzene rings is 3. The van der Waals surface area contributed by atoms with Gasteiger partial charge in [-0.15, -0.1) is 0 Å². The Morgan fingerprint density at radius 2 is 1.61 bits per heavy atom. The van der Waals surface area contributed by atoms with Gasteiger partial charge in [-0.25, -0.2) is 0 Å². The molecule has 0 aliphatic carbocycles. The van der Waals surface area contributed by atoms with Crippen molar-refractivity contribution < 1.29 is 33.6 Å². The molecule has 1 N–H and O–H groups in total. The molecule has 0 bridgehead atoms. The van der Waals surface area contributed by atoms with Crippen molar-refractivity contribution in [3.8, 4) is 23.0 Å². The molecular weight excluding hydrogens is 486 g/mol. The van der Waals surface area contributed by atoms with Crippen LogP contribution >= 0.6 is 0 Å². The van der Waals surface area contributed by atoms with Gasteiger partial charge >= 0.3 is 0 Å².